The van der Waals surface area contributed by atoms with E-state index in [1.54, 1.807) is 0 Å². The van der Waals surface area contributed by atoms with Gasteiger partial charge in [-0.2, -0.15) is 0 Å². The van der Waals surface area contributed by atoms with Gasteiger partial charge < -0.3 is 10.5 Å². The topological polar surface area (TPSA) is 38.5 Å². The molecule has 2 heterocycles. The quantitative estimate of drug-likeness (QED) is 0.844. The predicted molar refractivity (Wildman–Crippen MR) is 73.7 cm³/mol. The van der Waals surface area contributed by atoms with E-state index in [0.717, 1.165) is 6.61 Å². The second-order valence-electron chi connectivity index (χ2n) is 5.38. The Morgan fingerprint density at radius 2 is 2.12 bits per heavy atom. The number of likely N-dealkylation sites (tertiary alicyclic amines) is 1. The molecule has 0 amide bonds. The average molecular weight is 263 g/mol. The first-order chi connectivity index (χ1) is 7.77. The second-order valence-corrected chi connectivity index (χ2v) is 5.38. The summed E-state index contributed by atoms with van der Waals surface area (Å²) in [6, 6.07) is 0.917. The van der Waals surface area contributed by atoms with Gasteiger partial charge in [0.1, 0.15) is 0 Å². The minimum Gasteiger partial charge on any atom is -0.378 e. The Morgan fingerprint density at radius 3 is 2.76 bits per heavy atom. The van der Waals surface area contributed by atoms with Gasteiger partial charge in [-0.25, -0.2) is 0 Å². The molecule has 2 aliphatic rings. The Kier molecular flexibility index (Phi) is 6.78. The van der Waals surface area contributed by atoms with Crippen LogP contribution >= 0.6 is 12.4 Å². The normalized spacial score (nSPS) is 32.1. The van der Waals surface area contributed by atoms with Gasteiger partial charge in [0, 0.05) is 25.2 Å². The smallest absolute Gasteiger partial charge is 0.0588 e. The molecule has 3 nitrogen and oxygen atoms in total. The maximum Gasteiger partial charge on any atom is 0.0588 e. The molecule has 2 saturated heterocycles. The van der Waals surface area contributed by atoms with Crippen molar-refractivity contribution in [2.75, 3.05) is 19.7 Å². The van der Waals surface area contributed by atoms with E-state index in [0.29, 0.717) is 18.2 Å². The summed E-state index contributed by atoms with van der Waals surface area (Å²) in [6.07, 6.45) is 8.21. The maximum atomic E-state index is 6.07. The van der Waals surface area contributed by atoms with Crippen LogP contribution in [0.15, 0.2) is 0 Å². The first-order valence-corrected chi connectivity index (χ1v) is 6.88. The minimum absolute atomic E-state index is 0. The molecule has 0 spiro atoms. The summed E-state index contributed by atoms with van der Waals surface area (Å²) < 4.78 is 5.68. The highest BCUT2D eigenvalue weighted by Gasteiger charge is 2.26. The molecule has 17 heavy (non-hydrogen) atoms. The molecule has 0 radical (unpaired) electrons. The number of piperidine rings is 1. The Bertz CT molecular complexity index is 208. The summed E-state index contributed by atoms with van der Waals surface area (Å²) in [5, 5.41) is 0. The van der Waals surface area contributed by atoms with E-state index in [9.17, 15) is 0 Å². The molecule has 2 rings (SSSR count). The van der Waals surface area contributed by atoms with Gasteiger partial charge in [0.05, 0.1) is 6.10 Å². The summed E-state index contributed by atoms with van der Waals surface area (Å²) in [4.78, 5) is 2.59. The van der Waals surface area contributed by atoms with E-state index in [2.05, 4.69) is 11.8 Å². The first-order valence-electron chi connectivity index (χ1n) is 6.88. The fourth-order valence-electron chi connectivity index (χ4n) is 3.07. The monoisotopic (exact) mass is 262 g/mol. The molecule has 4 heteroatoms. The molecule has 3 unspecified atom stereocenters. The zero-order chi connectivity index (χ0) is 11.4. The van der Waals surface area contributed by atoms with Crippen LogP contribution in [0.25, 0.3) is 0 Å². The highest BCUT2D eigenvalue weighted by Crippen LogP contribution is 2.21. The molecule has 0 aliphatic carbocycles. The molecule has 0 aromatic carbocycles. The number of nitrogens with zero attached hydrogens (tertiary/aromatic N) is 1. The largest absolute Gasteiger partial charge is 0.378 e. The van der Waals surface area contributed by atoms with E-state index in [-0.39, 0.29) is 12.4 Å². The Hall–Kier alpha value is 0.170. The van der Waals surface area contributed by atoms with Crippen molar-refractivity contribution < 1.29 is 4.74 Å². The number of rotatable bonds is 4. The standard InChI is InChI=1S/C13H26N2O.ClH/c1-11(14)13-6-2-3-8-15(13)9-7-12-5-4-10-16-12;/h11-13H,2-10,14H2,1H3;1H. The van der Waals surface area contributed by atoms with Gasteiger partial charge in [-0.1, -0.05) is 6.42 Å². The zero-order valence-corrected chi connectivity index (χ0v) is 11.8. The minimum atomic E-state index is 0. The molecule has 0 aromatic heterocycles. The summed E-state index contributed by atoms with van der Waals surface area (Å²) in [7, 11) is 0. The summed E-state index contributed by atoms with van der Waals surface area (Å²) >= 11 is 0. The van der Waals surface area contributed by atoms with Gasteiger partial charge in [-0.3, -0.25) is 4.90 Å². The number of hydrogen-bond donors (Lipinski definition) is 1. The van der Waals surface area contributed by atoms with Crippen LogP contribution in [0, 0.1) is 0 Å². The van der Waals surface area contributed by atoms with Gasteiger partial charge in [0.2, 0.25) is 0 Å². The highest BCUT2D eigenvalue weighted by molar-refractivity contribution is 5.85. The number of nitrogens with two attached hydrogens (primary N) is 1. The Labute approximate surface area is 111 Å². The molecule has 2 N–H and O–H groups in total. The Balaban J connectivity index is 0.00000144. The lowest BCUT2D eigenvalue weighted by molar-refractivity contribution is 0.0708. The molecule has 3 atom stereocenters. The molecule has 2 aliphatic heterocycles. The number of hydrogen-bond acceptors (Lipinski definition) is 3. The van der Waals surface area contributed by atoms with Gasteiger partial charge in [0.15, 0.2) is 0 Å². The second kappa shape index (κ2) is 7.57. The van der Waals surface area contributed by atoms with Crippen LogP contribution in [0.4, 0.5) is 0 Å². The Morgan fingerprint density at radius 1 is 1.29 bits per heavy atom. The van der Waals surface area contributed by atoms with Crippen molar-refractivity contribution >= 4 is 12.4 Å². The predicted octanol–water partition coefficient (Wildman–Crippen LogP) is 2.18. The number of ether oxygens (including phenoxy) is 1. The lowest BCUT2D eigenvalue weighted by Gasteiger charge is -2.38. The van der Waals surface area contributed by atoms with Gasteiger partial charge in [-0.05, 0) is 45.6 Å². The van der Waals surface area contributed by atoms with Crippen LogP contribution in [0.5, 0.6) is 0 Å². The third kappa shape index (κ3) is 4.40. The molecule has 0 saturated carbocycles. The van der Waals surface area contributed by atoms with E-state index in [4.69, 9.17) is 10.5 Å². The van der Waals surface area contributed by atoms with Crippen LogP contribution in [0.3, 0.4) is 0 Å². The highest BCUT2D eigenvalue weighted by atomic mass is 35.5. The molecular formula is C13H27ClN2O. The molecule has 0 aromatic rings. The van der Waals surface area contributed by atoms with Crippen molar-refractivity contribution in [3.05, 3.63) is 0 Å². The summed E-state index contributed by atoms with van der Waals surface area (Å²) in [5.74, 6) is 0. The van der Waals surface area contributed by atoms with Crippen molar-refractivity contribution in [2.24, 2.45) is 5.73 Å². The first kappa shape index (κ1) is 15.2. The summed E-state index contributed by atoms with van der Waals surface area (Å²) in [5.41, 5.74) is 6.07. The molecule has 2 fully saturated rings. The summed E-state index contributed by atoms with van der Waals surface area (Å²) in [6.45, 7) is 5.53. The van der Waals surface area contributed by atoms with Crippen LogP contribution < -0.4 is 5.73 Å². The number of halogens is 1. The SMILES string of the molecule is CC(N)C1CCCCN1CCC1CCCO1.Cl. The zero-order valence-electron chi connectivity index (χ0n) is 10.9. The van der Waals surface area contributed by atoms with Gasteiger partial charge in [0.25, 0.3) is 0 Å². The third-order valence-electron chi connectivity index (χ3n) is 4.03. The molecule has 102 valence electrons. The lowest BCUT2D eigenvalue weighted by atomic mass is 9.96. The van der Waals surface area contributed by atoms with Crippen molar-refractivity contribution in [1.82, 2.24) is 4.90 Å². The van der Waals surface area contributed by atoms with Crippen molar-refractivity contribution in [3.8, 4) is 0 Å². The molecular weight excluding hydrogens is 236 g/mol. The van der Waals surface area contributed by atoms with Crippen LogP contribution in [-0.4, -0.2) is 42.8 Å². The van der Waals surface area contributed by atoms with Crippen molar-refractivity contribution in [1.29, 1.82) is 0 Å². The van der Waals surface area contributed by atoms with E-state index < -0.39 is 0 Å². The van der Waals surface area contributed by atoms with Crippen LogP contribution in [-0.2, 0) is 4.74 Å². The van der Waals surface area contributed by atoms with Crippen molar-refractivity contribution in [2.45, 2.75) is 63.6 Å². The van der Waals surface area contributed by atoms with Crippen molar-refractivity contribution in [3.63, 3.8) is 0 Å². The van der Waals surface area contributed by atoms with Crippen LogP contribution in [0.1, 0.15) is 45.4 Å². The van der Waals surface area contributed by atoms with E-state index >= 15 is 0 Å². The van der Waals surface area contributed by atoms with Crippen LogP contribution in [0.2, 0.25) is 0 Å². The maximum absolute atomic E-state index is 6.07. The van der Waals surface area contributed by atoms with E-state index in [1.165, 1.54) is 51.6 Å². The van der Waals surface area contributed by atoms with Gasteiger partial charge >= 0.3 is 0 Å². The molecule has 0 bridgehead atoms. The van der Waals surface area contributed by atoms with E-state index in [1.807, 2.05) is 0 Å². The third-order valence-corrected chi connectivity index (χ3v) is 4.03. The van der Waals surface area contributed by atoms with Gasteiger partial charge in [-0.15, -0.1) is 12.4 Å². The fraction of sp³-hybridized carbons (Fsp3) is 1.00. The fourth-order valence-corrected chi connectivity index (χ4v) is 3.07. The average Bonchev–Trinajstić information content (AvgIpc) is 2.79. The lowest BCUT2D eigenvalue weighted by Crippen LogP contribution is -2.49.